The van der Waals surface area contributed by atoms with Crippen LogP contribution in [0, 0.1) is 11.3 Å². The lowest BCUT2D eigenvalue weighted by molar-refractivity contribution is 0.410. The van der Waals surface area contributed by atoms with Gasteiger partial charge in [0, 0.05) is 29.8 Å². The third-order valence-electron chi connectivity index (χ3n) is 5.00. The third kappa shape index (κ3) is 3.98. The van der Waals surface area contributed by atoms with E-state index in [0.29, 0.717) is 37.0 Å². The molecule has 2 aromatic carbocycles. The number of rotatable bonds is 7. The zero-order valence-electron chi connectivity index (χ0n) is 16.7. The van der Waals surface area contributed by atoms with Gasteiger partial charge in [-0.3, -0.25) is 9.36 Å². The number of unbranched alkanes of at least 4 members (excludes halogenated alkanes) is 1. The average Bonchev–Trinajstić information content (AvgIpc) is 3.21. The highest BCUT2D eigenvalue weighted by molar-refractivity contribution is 7.21. The predicted octanol–water partition coefficient (Wildman–Crippen LogP) is 5.03. The van der Waals surface area contributed by atoms with Gasteiger partial charge in [0.1, 0.15) is 16.4 Å². The molecule has 0 fully saturated rings. The molecule has 0 aliphatic heterocycles. The molecule has 0 atom stereocenters. The zero-order valence-corrected chi connectivity index (χ0v) is 17.5. The molecule has 0 amide bonds. The van der Waals surface area contributed by atoms with Gasteiger partial charge < -0.3 is 4.74 Å². The van der Waals surface area contributed by atoms with Crippen molar-refractivity contribution >= 4 is 21.6 Å². The quantitative estimate of drug-likeness (QED) is 0.397. The van der Waals surface area contributed by atoms with Crippen LogP contribution >= 0.6 is 11.3 Å². The highest BCUT2D eigenvalue weighted by atomic mass is 32.1. The van der Waals surface area contributed by atoms with Gasteiger partial charge in [-0.25, -0.2) is 4.98 Å². The fraction of sp³-hybridized carbons (Fsp3) is 0.208. The van der Waals surface area contributed by atoms with Gasteiger partial charge in [-0.15, -0.1) is 11.3 Å². The average molecular weight is 416 g/mol. The molecule has 0 aliphatic carbocycles. The zero-order chi connectivity index (χ0) is 20.9. The van der Waals surface area contributed by atoms with Gasteiger partial charge in [0.25, 0.3) is 5.56 Å². The number of ether oxygens (including phenoxy) is 1. The van der Waals surface area contributed by atoms with Crippen molar-refractivity contribution in [2.75, 3.05) is 7.11 Å². The van der Waals surface area contributed by atoms with Gasteiger partial charge in [0.2, 0.25) is 0 Å². The summed E-state index contributed by atoms with van der Waals surface area (Å²) in [6.45, 7) is 0.469. The van der Waals surface area contributed by atoms with E-state index >= 15 is 0 Å². The number of benzene rings is 2. The topological polar surface area (TPSA) is 67.9 Å². The number of para-hydroxylation sites is 1. The Kier molecular flexibility index (Phi) is 5.92. The van der Waals surface area contributed by atoms with E-state index in [9.17, 15) is 4.79 Å². The molecule has 0 radical (unpaired) electrons. The summed E-state index contributed by atoms with van der Waals surface area (Å²) in [5, 5.41) is 9.54. The van der Waals surface area contributed by atoms with Crippen LogP contribution in [0.3, 0.4) is 0 Å². The molecule has 0 bridgehead atoms. The molecule has 4 aromatic rings. The summed E-state index contributed by atoms with van der Waals surface area (Å²) in [7, 11) is 1.64. The SMILES string of the molecule is COc1ccccc1Cc1nc2sc(-c3ccccc3)cc2c(=O)n1CCCC#N. The maximum absolute atomic E-state index is 13.3. The van der Waals surface area contributed by atoms with Crippen molar-refractivity contribution in [3.63, 3.8) is 0 Å². The molecule has 6 heteroatoms. The molecule has 0 spiro atoms. The molecule has 0 aliphatic rings. The number of nitrogens with zero attached hydrogens (tertiary/aromatic N) is 3. The van der Waals surface area contributed by atoms with Crippen molar-refractivity contribution in [1.29, 1.82) is 5.26 Å². The molecule has 2 heterocycles. The first kappa shape index (κ1) is 19.9. The van der Waals surface area contributed by atoms with Crippen LogP contribution in [0.4, 0.5) is 0 Å². The van der Waals surface area contributed by atoms with Gasteiger partial charge in [0.05, 0.1) is 18.6 Å². The lowest BCUT2D eigenvalue weighted by atomic mass is 10.1. The summed E-state index contributed by atoms with van der Waals surface area (Å²) in [5.41, 5.74) is 1.99. The van der Waals surface area contributed by atoms with Crippen LogP contribution in [0.2, 0.25) is 0 Å². The minimum atomic E-state index is -0.0544. The third-order valence-corrected chi connectivity index (χ3v) is 6.08. The van der Waals surface area contributed by atoms with Gasteiger partial charge >= 0.3 is 0 Å². The van der Waals surface area contributed by atoms with Gasteiger partial charge in [-0.1, -0.05) is 48.5 Å². The Balaban J connectivity index is 1.83. The normalized spacial score (nSPS) is 10.8. The highest BCUT2D eigenvalue weighted by Crippen LogP contribution is 2.31. The number of thiophene rings is 1. The van der Waals surface area contributed by atoms with Crippen molar-refractivity contribution in [2.45, 2.75) is 25.8 Å². The van der Waals surface area contributed by atoms with E-state index in [1.807, 2.05) is 60.7 Å². The summed E-state index contributed by atoms with van der Waals surface area (Å²) in [6.07, 6.45) is 1.50. The van der Waals surface area contributed by atoms with Crippen LogP contribution in [0.15, 0.2) is 65.5 Å². The molecule has 2 aromatic heterocycles. The summed E-state index contributed by atoms with van der Waals surface area (Å²) < 4.78 is 7.20. The molecule has 30 heavy (non-hydrogen) atoms. The standard InChI is InChI=1S/C24H21N3O2S/c1-29-20-12-6-5-11-18(20)15-22-26-23-19(24(28)27(22)14-8-7-13-25)16-21(30-23)17-9-3-2-4-10-17/h2-6,9-12,16H,7-8,14-15H2,1H3. The summed E-state index contributed by atoms with van der Waals surface area (Å²) >= 11 is 1.53. The fourth-order valence-electron chi connectivity index (χ4n) is 3.50. The van der Waals surface area contributed by atoms with Crippen molar-refractivity contribution < 1.29 is 4.74 Å². The Labute approximate surface area is 178 Å². The number of methoxy groups -OCH3 is 1. The summed E-state index contributed by atoms with van der Waals surface area (Å²) in [4.78, 5) is 20.0. The smallest absolute Gasteiger partial charge is 0.262 e. The molecule has 0 unspecified atom stereocenters. The van der Waals surface area contributed by atoms with E-state index in [0.717, 1.165) is 26.6 Å². The number of hydrogen-bond donors (Lipinski definition) is 0. The Morgan fingerprint density at radius 1 is 1.13 bits per heavy atom. The van der Waals surface area contributed by atoms with Crippen LogP contribution in [0.1, 0.15) is 24.2 Å². The first-order valence-electron chi connectivity index (χ1n) is 9.79. The van der Waals surface area contributed by atoms with E-state index in [2.05, 4.69) is 6.07 Å². The monoisotopic (exact) mass is 415 g/mol. The van der Waals surface area contributed by atoms with Gasteiger partial charge in [0.15, 0.2) is 0 Å². The van der Waals surface area contributed by atoms with Crippen LogP contribution in [-0.2, 0) is 13.0 Å². The largest absolute Gasteiger partial charge is 0.496 e. The van der Waals surface area contributed by atoms with E-state index in [4.69, 9.17) is 15.0 Å². The van der Waals surface area contributed by atoms with Crippen LogP contribution in [0.5, 0.6) is 5.75 Å². The lowest BCUT2D eigenvalue weighted by Crippen LogP contribution is -2.25. The van der Waals surface area contributed by atoms with Crippen molar-refractivity contribution in [1.82, 2.24) is 9.55 Å². The fourth-order valence-corrected chi connectivity index (χ4v) is 4.55. The minimum absolute atomic E-state index is 0.0544. The molecule has 0 N–H and O–H groups in total. The number of fused-ring (bicyclic) bond motifs is 1. The summed E-state index contributed by atoms with van der Waals surface area (Å²) in [6, 6.07) is 21.9. The Hall–Kier alpha value is -3.43. The maximum Gasteiger partial charge on any atom is 0.262 e. The number of nitriles is 1. The van der Waals surface area contributed by atoms with Crippen LogP contribution < -0.4 is 10.3 Å². The molecule has 150 valence electrons. The van der Waals surface area contributed by atoms with Gasteiger partial charge in [-0.05, 0) is 24.1 Å². The molecule has 0 saturated carbocycles. The first-order valence-corrected chi connectivity index (χ1v) is 10.6. The van der Waals surface area contributed by atoms with Crippen LogP contribution in [0.25, 0.3) is 20.7 Å². The molecular formula is C24H21N3O2S. The molecule has 0 saturated heterocycles. The minimum Gasteiger partial charge on any atom is -0.496 e. The van der Waals surface area contributed by atoms with E-state index < -0.39 is 0 Å². The Bertz CT molecular complexity index is 1270. The Morgan fingerprint density at radius 3 is 2.67 bits per heavy atom. The number of hydrogen-bond acceptors (Lipinski definition) is 5. The van der Waals surface area contributed by atoms with Crippen molar-refractivity contribution in [2.24, 2.45) is 0 Å². The van der Waals surface area contributed by atoms with Crippen LogP contribution in [-0.4, -0.2) is 16.7 Å². The van der Waals surface area contributed by atoms with Gasteiger partial charge in [-0.2, -0.15) is 5.26 Å². The van der Waals surface area contributed by atoms with E-state index in [-0.39, 0.29) is 5.56 Å². The van der Waals surface area contributed by atoms with E-state index in [1.165, 1.54) is 11.3 Å². The highest BCUT2D eigenvalue weighted by Gasteiger charge is 2.16. The van der Waals surface area contributed by atoms with Crippen molar-refractivity contribution in [3.8, 4) is 22.3 Å². The predicted molar refractivity (Wildman–Crippen MR) is 120 cm³/mol. The lowest BCUT2D eigenvalue weighted by Gasteiger charge is -2.13. The second-order valence-corrected chi connectivity index (χ2v) is 7.96. The first-order chi connectivity index (χ1) is 14.7. The molecular weight excluding hydrogens is 394 g/mol. The Morgan fingerprint density at radius 2 is 1.90 bits per heavy atom. The second kappa shape index (κ2) is 8.93. The maximum atomic E-state index is 13.3. The molecule has 5 nitrogen and oxygen atoms in total. The number of aromatic nitrogens is 2. The summed E-state index contributed by atoms with van der Waals surface area (Å²) in [5.74, 6) is 1.46. The van der Waals surface area contributed by atoms with Crippen molar-refractivity contribution in [3.05, 3.63) is 82.4 Å². The second-order valence-electron chi connectivity index (χ2n) is 6.93. The van der Waals surface area contributed by atoms with E-state index in [1.54, 1.807) is 11.7 Å². The molecule has 4 rings (SSSR count).